The molecule has 0 atom stereocenters. The number of aliphatic hydroxyl groups excluding tert-OH is 1. The third-order valence-electron chi connectivity index (χ3n) is 2.28. The number of nitrogens with zero attached hydrogens (tertiary/aromatic N) is 2. The van der Waals surface area contributed by atoms with Gasteiger partial charge in [0.2, 0.25) is 10.0 Å². The number of sulfonamides is 1. The molecule has 19 heavy (non-hydrogen) atoms. The second-order valence-corrected chi connectivity index (χ2v) is 6.41. The van der Waals surface area contributed by atoms with Gasteiger partial charge in [0.1, 0.15) is 4.90 Å². The van der Waals surface area contributed by atoms with Gasteiger partial charge in [0, 0.05) is 6.20 Å². The fourth-order valence-corrected chi connectivity index (χ4v) is 2.63. The van der Waals surface area contributed by atoms with Crippen LogP contribution in [-0.2, 0) is 21.4 Å². The zero-order valence-electron chi connectivity index (χ0n) is 10.7. The monoisotopic (exact) mass is 291 g/mol. The summed E-state index contributed by atoms with van der Waals surface area (Å²) in [6.07, 6.45) is 2.24. The number of carboxylic acids is 1. The minimum absolute atomic E-state index is 0.0700. The number of nitrogens with one attached hydrogen (secondary N) is 1. The van der Waals surface area contributed by atoms with Crippen LogP contribution >= 0.6 is 0 Å². The number of aliphatic carboxylic acids is 1. The molecule has 1 aromatic heterocycles. The average Bonchev–Trinajstić information content (AvgIpc) is 2.74. The third kappa shape index (κ3) is 4.62. The van der Waals surface area contributed by atoms with Crippen LogP contribution in [0.1, 0.15) is 20.3 Å². The van der Waals surface area contributed by atoms with Crippen LogP contribution in [0, 0.1) is 0 Å². The van der Waals surface area contributed by atoms with E-state index in [9.17, 15) is 13.2 Å². The SMILES string of the molecule is CC(C)(CO)NS(=O)(=O)c1cnn(CCC(=O)O)c1. The van der Waals surface area contributed by atoms with Gasteiger partial charge >= 0.3 is 5.97 Å². The summed E-state index contributed by atoms with van der Waals surface area (Å²) in [5, 5.41) is 21.4. The summed E-state index contributed by atoms with van der Waals surface area (Å²) < 4.78 is 27.5. The van der Waals surface area contributed by atoms with Crippen LogP contribution in [0.4, 0.5) is 0 Å². The number of carbonyl (C=O) groups is 1. The molecular formula is C10H17N3O5S. The van der Waals surface area contributed by atoms with Gasteiger partial charge in [0.25, 0.3) is 0 Å². The normalized spacial score (nSPS) is 12.6. The van der Waals surface area contributed by atoms with Gasteiger partial charge in [-0.15, -0.1) is 0 Å². The fourth-order valence-electron chi connectivity index (χ4n) is 1.27. The lowest BCUT2D eigenvalue weighted by molar-refractivity contribution is -0.137. The molecule has 0 aliphatic heterocycles. The van der Waals surface area contributed by atoms with Crippen molar-refractivity contribution in [3.63, 3.8) is 0 Å². The number of hydrogen-bond acceptors (Lipinski definition) is 5. The van der Waals surface area contributed by atoms with Crippen LogP contribution in [0.15, 0.2) is 17.3 Å². The van der Waals surface area contributed by atoms with Crippen molar-refractivity contribution in [2.45, 2.75) is 37.2 Å². The van der Waals surface area contributed by atoms with Crippen molar-refractivity contribution >= 4 is 16.0 Å². The maximum absolute atomic E-state index is 12.0. The van der Waals surface area contributed by atoms with Crippen LogP contribution in [0.3, 0.4) is 0 Å². The molecule has 0 saturated carbocycles. The van der Waals surface area contributed by atoms with E-state index in [0.717, 1.165) is 6.20 Å². The maximum Gasteiger partial charge on any atom is 0.305 e. The van der Waals surface area contributed by atoms with Crippen molar-refractivity contribution in [3.8, 4) is 0 Å². The van der Waals surface area contributed by atoms with Crippen molar-refractivity contribution in [2.24, 2.45) is 0 Å². The van der Waals surface area contributed by atoms with E-state index in [2.05, 4.69) is 9.82 Å². The molecule has 9 heteroatoms. The minimum atomic E-state index is -3.79. The van der Waals surface area contributed by atoms with Crippen LogP contribution in [0.2, 0.25) is 0 Å². The summed E-state index contributed by atoms with van der Waals surface area (Å²) in [5.74, 6) is -0.987. The van der Waals surface area contributed by atoms with E-state index >= 15 is 0 Å². The molecule has 0 bridgehead atoms. The van der Waals surface area contributed by atoms with Gasteiger partial charge in [0.15, 0.2) is 0 Å². The van der Waals surface area contributed by atoms with Crippen molar-refractivity contribution in [1.29, 1.82) is 0 Å². The van der Waals surface area contributed by atoms with Gasteiger partial charge in [-0.3, -0.25) is 9.48 Å². The first kappa shape index (κ1) is 15.6. The minimum Gasteiger partial charge on any atom is -0.481 e. The molecule has 1 aromatic rings. The van der Waals surface area contributed by atoms with Crippen molar-refractivity contribution < 1.29 is 23.4 Å². The Morgan fingerprint density at radius 3 is 2.68 bits per heavy atom. The molecule has 8 nitrogen and oxygen atoms in total. The predicted molar refractivity (Wildman–Crippen MR) is 66.0 cm³/mol. The molecule has 0 spiro atoms. The fraction of sp³-hybridized carbons (Fsp3) is 0.600. The van der Waals surface area contributed by atoms with Crippen LogP contribution < -0.4 is 4.72 Å². The highest BCUT2D eigenvalue weighted by Crippen LogP contribution is 2.12. The summed E-state index contributed by atoms with van der Waals surface area (Å²) in [5.41, 5.74) is -0.984. The van der Waals surface area contributed by atoms with Crippen molar-refractivity contribution in [1.82, 2.24) is 14.5 Å². The molecule has 0 aliphatic rings. The van der Waals surface area contributed by atoms with Gasteiger partial charge in [0.05, 0.1) is 31.3 Å². The topological polar surface area (TPSA) is 122 Å². The first-order valence-corrected chi connectivity index (χ1v) is 7.04. The molecule has 0 aliphatic carbocycles. The molecule has 1 rings (SSSR count). The lowest BCUT2D eigenvalue weighted by atomic mass is 10.1. The van der Waals surface area contributed by atoms with E-state index in [4.69, 9.17) is 10.2 Å². The van der Waals surface area contributed by atoms with Crippen molar-refractivity contribution in [3.05, 3.63) is 12.4 Å². The zero-order chi connectivity index (χ0) is 14.7. The Hall–Kier alpha value is -1.45. The zero-order valence-corrected chi connectivity index (χ0v) is 11.5. The molecule has 0 aromatic carbocycles. The van der Waals surface area contributed by atoms with E-state index in [1.165, 1.54) is 10.9 Å². The summed E-state index contributed by atoms with van der Waals surface area (Å²) >= 11 is 0. The highest BCUT2D eigenvalue weighted by Gasteiger charge is 2.26. The second kappa shape index (κ2) is 5.68. The van der Waals surface area contributed by atoms with E-state index in [0.29, 0.717) is 0 Å². The van der Waals surface area contributed by atoms with Crippen molar-refractivity contribution in [2.75, 3.05) is 6.61 Å². The number of aromatic nitrogens is 2. The number of aliphatic hydroxyl groups is 1. The van der Waals surface area contributed by atoms with Gasteiger partial charge in [-0.25, -0.2) is 13.1 Å². The quantitative estimate of drug-likeness (QED) is 0.617. The highest BCUT2D eigenvalue weighted by molar-refractivity contribution is 7.89. The van der Waals surface area contributed by atoms with E-state index in [1.54, 1.807) is 13.8 Å². The number of rotatable bonds is 7. The van der Waals surface area contributed by atoms with E-state index in [1.807, 2.05) is 0 Å². The summed E-state index contributed by atoms with van der Waals surface area (Å²) in [6.45, 7) is 2.83. The van der Waals surface area contributed by atoms with Crippen LogP contribution in [-0.4, -0.2) is 46.5 Å². The molecule has 0 fully saturated rings. The number of hydrogen-bond donors (Lipinski definition) is 3. The Morgan fingerprint density at radius 2 is 2.16 bits per heavy atom. The summed E-state index contributed by atoms with van der Waals surface area (Å²) in [6, 6.07) is 0. The Bertz CT molecular complexity index is 549. The van der Waals surface area contributed by atoms with Crippen LogP contribution in [0.25, 0.3) is 0 Å². The first-order valence-electron chi connectivity index (χ1n) is 5.55. The highest BCUT2D eigenvalue weighted by atomic mass is 32.2. The van der Waals surface area contributed by atoms with Gasteiger partial charge in [-0.2, -0.15) is 5.10 Å². The second-order valence-electron chi connectivity index (χ2n) is 4.73. The Balaban J connectivity index is 2.83. The third-order valence-corrected chi connectivity index (χ3v) is 3.93. The van der Waals surface area contributed by atoms with E-state index < -0.39 is 21.5 Å². The molecule has 0 radical (unpaired) electrons. The molecule has 0 unspecified atom stereocenters. The molecule has 0 amide bonds. The lowest BCUT2D eigenvalue weighted by Gasteiger charge is -2.22. The predicted octanol–water partition coefficient (Wildman–Crippen LogP) is -0.593. The lowest BCUT2D eigenvalue weighted by Crippen LogP contribution is -2.46. The molecular weight excluding hydrogens is 274 g/mol. The van der Waals surface area contributed by atoms with Gasteiger partial charge in [-0.1, -0.05) is 0 Å². The Morgan fingerprint density at radius 1 is 1.53 bits per heavy atom. The smallest absolute Gasteiger partial charge is 0.305 e. The number of carboxylic acid groups (broad SMARTS) is 1. The van der Waals surface area contributed by atoms with Crippen LogP contribution in [0.5, 0.6) is 0 Å². The summed E-state index contributed by atoms with van der Waals surface area (Å²) in [7, 11) is -3.79. The standard InChI is InChI=1S/C10H17N3O5S/c1-10(2,7-14)12-19(17,18)8-5-11-13(6-8)4-3-9(15)16/h5-6,12,14H,3-4,7H2,1-2H3,(H,15,16). The molecule has 3 N–H and O–H groups in total. The van der Waals surface area contributed by atoms with Gasteiger partial charge in [-0.05, 0) is 13.8 Å². The first-order chi connectivity index (χ1) is 8.66. The molecule has 1 heterocycles. The Labute approximate surface area is 111 Å². The Kier molecular flexibility index (Phi) is 4.66. The van der Waals surface area contributed by atoms with Gasteiger partial charge < -0.3 is 10.2 Å². The summed E-state index contributed by atoms with van der Waals surface area (Å²) in [4.78, 5) is 10.3. The average molecular weight is 291 g/mol. The largest absolute Gasteiger partial charge is 0.481 e. The molecule has 0 saturated heterocycles. The van der Waals surface area contributed by atoms with E-state index in [-0.39, 0.29) is 24.5 Å². The number of aryl methyl sites for hydroxylation is 1. The molecule has 108 valence electrons. The maximum atomic E-state index is 12.0.